The zero-order valence-corrected chi connectivity index (χ0v) is 30.2. The molecule has 0 aliphatic rings. The molecule has 0 aliphatic heterocycles. The Bertz CT molecular complexity index is 3180. The van der Waals surface area contributed by atoms with Gasteiger partial charge in [-0.2, -0.15) is 0 Å². The van der Waals surface area contributed by atoms with Crippen LogP contribution in [-0.2, 0) is 0 Å². The highest BCUT2D eigenvalue weighted by Gasteiger charge is 2.21. The first-order valence-corrected chi connectivity index (χ1v) is 18.8. The molecular formula is C52H32N2O2. The molecule has 0 amide bonds. The lowest BCUT2D eigenvalue weighted by molar-refractivity contribution is 0.669. The van der Waals surface area contributed by atoms with Crippen LogP contribution in [0.4, 0.5) is 0 Å². The Morgan fingerprint density at radius 3 is 1.54 bits per heavy atom. The SMILES string of the molecule is c1ccc(-c2cc(-c3ccccc3)cc(-c3nc(-c4ccccc4)cc(-c4ccc(-c5ccc6oc7ccccc7c6c5)c5c4oc4ccccc45)n3)c2)cc1. The summed E-state index contributed by atoms with van der Waals surface area (Å²) in [6, 6.07) is 67.3. The molecule has 0 saturated heterocycles. The van der Waals surface area contributed by atoms with Gasteiger partial charge in [-0.15, -0.1) is 0 Å². The second kappa shape index (κ2) is 13.1. The van der Waals surface area contributed by atoms with Crippen molar-refractivity contribution in [1.29, 1.82) is 0 Å². The maximum absolute atomic E-state index is 6.81. The molecule has 0 N–H and O–H groups in total. The van der Waals surface area contributed by atoms with Crippen molar-refractivity contribution >= 4 is 43.9 Å². The second-order valence-electron chi connectivity index (χ2n) is 14.1. The molecule has 0 saturated carbocycles. The van der Waals surface area contributed by atoms with Gasteiger partial charge in [-0.25, -0.2) is 9.97 Å². The Balaban J connectivity index is 1.15. The van der Waals surface area contributed by atoms with E-state index >= 15 is 0 Å². The normalized spacial score (nSPS) is 11.6. The summed E-state index contributed by atoms with van der Waals surface area (Å²) in [4.78, 5) is 10.6. The average molecular weight is 717 g/mol. The molecule has 0 atom stereocenters. The largest absolute Gasteiger partial charge is 0.456 e. The van der Waals surface area contributed by atoms with Gasteiger partial charge in [0.25, 0.3) is 0 Å². The van der Waals surface area contributed by atoms with Crippen LogP contribution in [0.2, 0.25) is 0 Å². The third kappa shape index (κ3) is 5.47. The summed E-state index contributed by atoms with van der Waals surface area (Å²) in [5.74, 6) is 0.641. The van der Waals surface area contributed by atoms with Gasteiger partial charge in [0.1, 0.15) is 22.3 Å². The number of aromatic nitrogens is 2. The summed E-state index contributed by atoms with van der Waals surface area (Å²) in [7, 11) is 0. The van der Waals surface area contributed by atoms with Crippen LogP contribution in [0, 0.1) is 0 Å². The average Bonchev–Trinajstić information content (AvgIpc) is 3.85. The highest BCUT2D eigenvalue weighted by Crippen LogP contribution is 2.44. The minimum atomic E-state index is 0.641. The van der Waals surface area contributed by atoms with Crippen LogP contribution in [-0.4, -0.2) is 9.97 Å². The summed E-state index contributed by atoms with van der Waals surface area (Å²) >= 11 is 0. The van der Waals surface area contributed by atoms with Gasteiger partial charge in [0.15, 0.2) is 5.82 Å². The van der Waals surface area contributed by atoms with E-state index in [1.165, 1.54) is 0 Å². The van der Waals surface area contributed by atoms with Gasteiger partial charge >= 0.3 is 0 Å². The fraction of sp³-hybridized carbons (Fsp3) is 0. The van der Waals surface area contributed by atoms with Crippen LogP contribution >= 0.6 is 0 Å². The lowest BCUT2D eigenvalue weighted by atomic mass is 9.94. The third-order valence-corrected chi connectivity index (χ3v) is 10.7. The number of furan rings is 2. The smallest absolute Gasteiger partial charge is 0.160 e. The van der Waals surface area contributed by atoms with E-state index in [9.17, 15) is 0 Å². The van der Waals surface area contributed by atoms with Gasteiger partial charge in [0.05, 0.1) is 11.4 Å². The molecule has 3 heterocycles. The molecule has 0 unspecified atom stereocenters. The van der Waals surface area contributed by atoms with Crippen LogP contribution < -0.4 is 0 Å². The molecule has 0 fully saturated rings. The summed E-state index contributed by atoms with van der Waals surface area (Å²) in [5, 5.41) is 4.29. The Hall–Kier alpha value is -7.56. The molecule has 0 spiro atoms. The lowest BCUT2D eigenvalue weighted by Gasteiger charge is -2.14. The van der Waals surface area contributed by atoms with Crippen molar-refractivity contribution in [2.75, 3.05) is 0 Å². The first-order chi connectivity index (χ1) is 27.7. The Morgan fingerprint density at radius 2 is 0.839 bits per heavy atom. The van der Waals surface area contributed by atoms with Crippen molar-refractivity contribution in [2.45, 2.75) is 0 Å². The van der Waals surface area contributed by atoms with Crippen LogP contribution in [0.1, 0.15) is 0 Å². The standard InChI is InChI=1S/C52H32N2O2/c1-4-14-33(15-5-1)37-28-38(34-16-6-2-7-17-34)30-39(29-37)52-53-45(35-18-8-3-9-19-35)32-46(54-52)42-26-25-40(50-43-21-11-13-23-48(43)56-51(42)50)36-24-27-49-44(31-36)41-20-10-12-22-47(41)55-49/h1-32H. The minimum Gasteiger partial charge on any atom is -0.456 e. The first-order valence-electron chi connectivity index (χ1n) is 18.8. The number of hydrogen-bond acceptors (Lipinski definition) is 4. The maximum atomic E-state index is 6.81. The molecular weight excluding hydrogens is 685 g/mol. The maximum Gasteiger partial charge on any atom is 0.160 e. The summed E-state index contributed by atoms with van der Waals surface area (Å²) in [6.45, 7) is 0. The Kier molecular flexibility index (Phi) is 7.46. The number of rotatable bonds is 6. The molecule has 11 aromatic rings. The molecule has 0 bridgehead atoms. The molecule has 11 rings (SSSR count). The van der Waals surface area contributed by atoms with E-state index in [1.54, 1.807) is 0 Å². The second-order valence-corrected chi connectivity index (χ2v) is 14.1. The van der Waals surface area contributed by atoms with Crippen LogP contribution in [0.25, 0.3) is 111 Å². The molecule has 4 nitrogen and oxygen atoms in total. The fourth-order valence-corrected chi connectivity index (χ4v) is 7.99. The van der Waals surface area contributed by atoms with E-state index in [4.69, 9.17) is 18.8 Å². The topological polar surface area (TPSA) is 52.1 Å². The van der Waals surface area contributed by atoms with Gasteiger partial charge < -0.3 is 8.83 Å². The van der Waals surface area contributed by atoms with E-state index in [0.717, 1.165) is 105 Å². The van der Waals surface area contributed by atoms with Gasteiger partial charge in [0, 0.05) is 38.2 Å². The summed E-state index contributed by atoms with van der Waals surface area (Å²) in [6.07, 6.45) is 0. The van der Waals surface area contributed by atoms with Crippen molar-refractivity contribution < 1.29 is 8.83 Å². The Morgan fingerprint density at radius 1 is 0.304 bits per heavy atom. The van der Waals surface area contributed by atoms with E-state index < -0.39 is 0 Å². The van der Waals surface area contributed by atoms with Gasteiger partial charge in [-0.1, -0.05) is 140 Å². The monoisotopic (exact) mass is 716 g/mol. The predicted molar refractivity (Wildman–Crippen MR) is 229 cm³/mol. The number of hydrogen-bond donors (Lipinski definition) is 0. The molecule has 56 heavy (non-hydrogen) atoms. The molecule has 4 heteroatoms. The van der Waals surface area contributed by atoms with Gasteiger partial charge in [-0.3, -0.25) is 0 Å². The molecule has 0 aliphatic carbocycles. The molecule has 8 aromatic carbocycles. The molecule has 262 valence electrons. The van der Waals surface area contributed by atoms with Crippen molar-refractivity contribution in [3.8, 4) is 67.3 Å². The number of benzene rings is 8. The highest BCUT2D eigenvalue weighted by atomic mass is 16.3. The number of nitrogens with zero attached hydrogens (tertiary/aromatic N) is 2. The van der Waals surface area contributed by atoms with Gasteiger partial charge in [-0.05, 0) is 88.0 Å². The molecule has 3 aromatic heterocycles. The quantitative estimate of drug-likeness (QED) is 0.172. The molecule has 0 radical (unpaired) electrons. The predicted octanol–water partition coefficient (Wildman–Crippen LogP) is 14.3. The lowest BCUT2D eigenvalue weighted by Crippen LogP contribution is -1.97. The minimum absolute atomic E-state index is 0.641. The van der Waals surface area contributed by atoms with E-state index in [2.05, 4.69) is 140 Å². The van der Waals surface area contributed by atoms with Crippen LogP contribution in [0.3, 0.4) is 0 Å². The van der Waals surface area contributed by atoms with Gasteiger partial charge in [0.2, 0.25) is 0 Å². The number of fused-ring (bicyclic) bond motifs is 6. The highest BCUT2D eigenvalue weighted by molar-refractivity contribution is 6.17. The Labute approximate surface area is 323 Å². The van der Waals surface area contributed by atoms with E-state index in [1.807, 2.05) is 54.6 Å². The van der Waals surface area contributed by atoms with Crippen molar-refractivity contribution in [1.82, 2.24) is 9.97 Å². The van der Waals surface area contributed by atoms with Crippen molar-refractivity contribution in [2.24, 2.45) is 0 Å². The first kappa shape index (κ1) is 31.9. The third-order valence-electron chi connectivity index (χ3n) is 10.7. The van der Waals surface area contributed by atoms with Crippen LogP contribution in [0.15, 0.2) is 203 Å². The summed E-state index contributed by atoms with van der Waals surface area (Å²) in [5.41, 5.74) is 14.5. The fourth-order valence-electron chi connectivity index (χ4n) is 7.99. The van der Waals surface area contributed by atoms with Crippen LogP contribution in [0.5, 0.6) is 0 Å². The summed E-state index contributed by atoms with van der Waals surface area (Å²) < 4.78 is 13.0. The number of para-hydroxylation sites is 2. The zero-order valence-electron chi connectivity index (χ0n) is 30.2. The zero-order chi connectivity index (χ0) is 37.0. The van der Waals surface area contributed by atoms with E-state index in [0.29, 0.717) is 5.82 Å². The van der Waals surface area contributed by atoms with Crippen molar-refractivity contribution in [3.63, 3.8) is 0 Å². The van der Waals surface area contributed by atoms with Crippen molar-refractivity contribution in [3.05, 3.63) is 194 Å². The van der Waals surface area contributed by atoms with E-state index in [-0.39, 0.29) is 0 Å².